The van der Waals surface area contributed by atoms with Gasteiger partial charge in [0.2, 0.25) is 5.91 Å². The number of piperidine rings is 1. The van der Waals surface area contributed by atoms with Crippen LogP contribution in [-0.4, -0.2) is 54.2 Å². The largest absolute Gasteiger partial charge is 0.481 e. The highest BCUT2D eigenvalue weighted by molar-refractivity contribution is 5.88. The molecule has 0 bridgehead atoms. The van der Waals surface area contributed by atoms with E-state index in [1.54, 1.807) is 17.9 Å². The van der Waals surface area contributed by atoms with Crippen LogP contribution in [0.4, 0.5) is 4.79 Å². The molecule has 0 saturated carbocycles. The number of carboxylic acid groups (broad SMARTS) is 1. The number of amides is 2. The maximum atomic E-state index is 12.4. The minimum Gasteiger partial charge on any atom is -0.481 e. The van der Waals surface area contributed by atoms with E-state index >= 15 is 0 Å². The number of fused-ring (bicyclic) bond motifs is 3. The molecule has 2 aliphatic rings. The number of nitrogens with zero attached hydrogens (tertiary/aromatic N) is 1. The Morgan fingerprint density at radius 3 is 2.39 bits per heavy atom. The molecule has 1 fully saturated rings. The summed E-state index contributed by atoms with van der Waals surface area (Å²) in [6.45, 7) is 2.75. The number of benzene rings is 2. The van der Waals surface area contributed by atoms with E-state index < -0.39 is 17.5 Å². The zero-order chi connectivity index (χ0) is 23.4. The summed E-state index contributed by atoms with van der Waals surface area (Å²) in [5.41, 5.74) is 3.71. The van der Waals surface area contributed by atoms with E-state index in [4.69, 9.17) is 4.74 Å². The van der Waals surface area contributed by atoms with Gasteiger partial charge in [-0.25, -0.2) is 4.79 Å². The van der Waals surface area contributed by atoms with Crippen LogP contribution < -0.4 is 5.32 Å². The Morgan fingerprint density at radius 2 is 1.76 bits per heavy atom. The quantitative estimate of drug-likeness (QED) is 0.656. The highest BCUT2D eigenvalue weighted by Crippen LogP contribution is 2.44. The maximum absolute atomic E-state index is 12.4. The molecule has 172 valence electrons. The third kappa shape index (κ3) is 4.77. The SMILES string of the molecule is CC1(C(=O)O)CCCN(C(=O)/C=C/CNC(=O)OCC2c3ccccc3-c3ccccc32)C1. The number of hydrogen-bond acceptors (Lipinski definition) is 4. The topological polar surface area (TPSA) is 95.9 Å². The summed E-state index contributed by atoms with van der Waals surface area (Å²) in [5.74, 6) is -1.15. The summed E-state index contributed by atoms with van der Waals surface area (Å²) < 4.78 is 5.47. The van der Waals surface area contributed by atoms with Crippen molar-refractivity contribution in [3.63, 3.8) is 0 Å². The molecular formula is C26H28N2O5. The number of carboxylic acids is 1. The Morgan fingerprint density at radius 1 is 1.12 bits per heavy atom. The molecule has 1 atom stereocenters. The van der Waals surface area contributed by atoms with Crippen LogP contribution in [0.1, 0.15) is 36.8 Å². The minimum absolute atomic E-state index is 0.0112. The second-order valence-electron chi connectivity index (χ2n) is 8.84. The van der Waals surface area contributed by atoms with Crippen LogP contribution in [0, 0.1) is 5.41 Å². The molecule has 1 heterocycles. The van der Waals surface area contributed by atoms with Crippen molar-refractivity contribution in [2.45, 2.75) is 25.7 Å². The lowest BCUT2D eigenvalue weighted by molar-refractivity contribution is -0.152. The number of likely N-dealkylation sites (tertiary alicyclic amines) is 1. The number of aliphatic carboxylic acids is 1. The third-order valence-corrected chi connectivity index (χ3v) is 6.49. The Hall–Kier alpha value is -3.61. The predicted octanol–water partition coefficient (Wildman–Crippen LogP) is 3.79. The van der Waals surface area contributed by atoms with Gasteiger partial charge in [0.05, 0.1) is 5.41 Å². The molecule has 2 aromatic rings. The molecule has 1 aliphatic carbocycles. The van der Waals surface area contributed by atoms with Crippen molar-refractivity contribution in [1.82, 2.24) is 10.2 Å². The Balaban J connectivity index is 1.26. The molecule has 0 radical (unpaired) electrons. The summed E-state index contributed by atoms with van der Waals surface area (Å²) >= 11 is 0. The van der Waals surface area contributed by atoms with Crippen LogP contribution in [0.15, 0.2) is 60.7 Å². The second kappa shape index (κ2) is 9.48. The molecule has 4 rings (SSSR count). The number of carbonyl (C=O) groups is 3. The lowest BCUT2D eigenvalue weighted by Gasteiger charge is -2.37. The number of rotatable bonds is 6. The zero-order valence-corrected chi connectivity index (χ0v) is 18.6. The van der Waals surface area contributed by atoms with Crippen molar-refractivity contribution < 1.29 is 24.2 Å². The smallest absolute Gasteiger partial charge is 0.407 e. The van der Waals surface area contributed by atoms with E-state index in [2.05, 4.69) is 29.6 Å². The molecule has 2 aromatic carbocycles. The highest BCUT2D eigenvalue weighted by Gasteiger charge is 2.38. The second-order valence-corrected chi connectivity index (χ2v) is 8.84. The minimum atomic E-state index is -0.915. The molecule has 7 heteroatoms. The van der Waals surface area contributed by atoms with E-state index in [9.17, 15) is 19.5 Å². The lowest BCUT2D eigenvalue weighted by atomic mass is 9.82. The van der Waals surface area contributed by atoms with E-state index in [1.807, 2.05) is 24.3 Å². The molecule has 0 spiro atoms. The molecule has 1 unspecified atom stereocenters. The highest BCUT2D eigenvalue weighted by atomic mass is 16.5. The first kappa shape index (κ1) is 22.6. The van der Waals surface area contributed by atoms with Crippen molar-refractivity contribution in [3.05, 3.63) is 71.8 Å². The number of ether oxygens (including phenoxy) is 1. The van der Waals surface area contributed by atoms with Crippen molar-refractivity contribution in [2.24, 2.45) is 5.41 Å². The summed E-state index contributed by atoms with van der Waals surface area (Å²) in [5, 5.41) is 12.0. The molecule has 2 amide bonds. The average molecular weight is 449 g/mol. The summed E-state index contributed by atoms with van der Waals surface area (Å²) in [7, 11) is 0. The van der Waals surface area contributed by atoms with Crippen LogP contribution in [0.5, 0.6) is 0 Å². The van der Waals surface area contributed by atoms with Crippen LogP contribution in [0.3, 0.4) is 0 Å². The standard InChI is InChI=1S/C26H28N2O5/c1-26(24(30)31)13-7-15-28(17-26)23(29)12-6-14-27-25(32)33-16-22-20-10-4-2-8-18(20)19-9-3-5-11-21(19)22/h2-6,8-12,22H,7,13-17H2,1H3,(H,27,32)(H,30,31)/b12-6+. The predicted molar refractivity (Wildman–Crippen MR) is 124 cm³/mol. The number of hydrogen-bond donors (Lipinski definition) is 2. The zero-order valence-electron chi connectivity index (χ0n) is 18.6. The molecule has 2 N–H and O–H groups in total. The fraction of sp³-hybridized carbons (Fsp3) is 0.346. The van der Waals surface area contributed by atoms with Gasteiger partial charge in [0.25, 0.3) is 0 Å². The van der Waals surface area contributed by atoms with Gasteiger partial charge in [-0.05, 0) is 42.0 Å². The first-order chi connectivity index (χ1) is 15.9. The normalized spacial score (nSPS) is 19.7. The van der Waals surface area contributed by atoms with E-state index in [-0.39, 0.29) is 31.5 Å². The van der Waals surface area contributed by atoms with E-state index in [0.717, 1.165) is 11.1 Å². The molecular weight excluding hydrogens is 420 g/mol. The molecule has 7 nitrogen and oxygen atoms in total. The van der Waals surface area contributed by atoms with Crippen molar-refractivity contribution in [2.75, 3.05) is 26.2 Å². The molecule has 0 aromatic heterocycles. The maximum Gasteiger partial charge on any atom is 0.407 e. The van der Waals surface area contributed by atoms with E-state index in [1.165, 1.54) is 17.2 Å². The number of nitrogens with one attached hydrogen (secondary N) is 1. The monoisotopic (exact) mass is 448 g/mol. The van der Waals surface area contributed by atoms with Gasteiger partial charge in [-0.15, -0.1) is 0 Å². The first-order valence-electron chi connectivity index (χ1n) is 11.2. The van der Waals surface area contributed by atoms with Gasteiger partial charge >= 0.3 is 12.1 Å². The Bertz CT molecular complexity index is 1050. The van der Waals surface area contributed by atoms with Crippen molar-refractivity contribution in [1.29, 1.82) is 0 Å². The van der Waals surface area contributed by atoms with Gasteiger partial charge in [0.15, 0.2) is 0 Å². The van der Waals surface area contributed by atoms with Gasteiger partial charge in [-0.3, -0.25) is 9.59 Å². The first-order valence-corrected chi connectivity index (χ1v) is 11.2. The Labute approximate surface area is 193 Å². The molecule has 33 heavy (non-hydrogen) atoms. The summed E-state index contributed by atoms with van der Waals surface area (Å²) in [6, 6.07) is 16.3. The third-order valence-electron chi connectivity index (χ3n) is 6.49. The van der Waals surface area contributed by atoms with Crippen molar-refractivity contribution in [3.8, 4) is 11.1 Å². The molecule has 1 aliphatic heterocycles. The van der Waals surface area contributed by atoms with Crippen LogP contribution in [-0.2, 0) is 14.3 Å². The van der Waals surface area contributed by atoms with Crippen LogP contribution in [0.25, 0.3) is 11.1 Å². The summed E-state index contributed by atoms with van der Waals surface area (Å²) in [4.78, 5) is 37.6. The fourth-order valence-corrected chi connectivity index (χ4v) is 4.66. The van der Waals surface area contributed by atoms with Gasteiger partial charge < -0.3 is 20.1 Å². The van der Waals surface area contributed by atoms with Gasteiger partial charge in [0.1, 0.15) is 6.61 Å². The van der Waals surface area contributed by atoms with Crippen LogP contribution >= 0.6 is 0 Å². The Kier molecular flexibility index (Phi) is 6.49. The average Bonchev–Trinajstić information content (AvgIpc) is 3.14. The number of carbonyl (C=O) groups excluding carboxylic acids is 2. The van der Waals surface area contributed by atoms with Gasteiger partial charge in [-0.1, -0.05) is 54.6 Å². The fourth-order valence-electron chi connectivity index (χ4n) is 4.66. The molecule has 1 saturated heterocycles. The van der Waals surface area contributed by atoms with Gasteiger partial charge in [-0.2, -0.15) is 0 Å². The summed E-state index contributed by atoms with van der Waals surface area (Å²) in [6.07, 6.45) is 3.58. The van der Waals surface area contributed by atoms with Crippen molar-refractivity contribution >= 4 is 18.0 Å². The van der Waals surface area contributed by atoms with Crippen LogP contribution in [0.2, 0.25) is 0 Å². The van der Waals surface area contributed by atoms with E-state index in [0.29, 0.717) is 19.4 Å². The van der Waals surface area contributed by atoms with Gasteiger partial charge in [0, 0.05) is 31.6 Å². The lowest BCUT2D eigenvalue weighted by Crippen LogP contribution is -2.48. The number of alkyl carbamates (subject to hydrolysis) is 1.